The molecule has 0 aromatic carbocycles. The summed E-state index contributed by atoms with van der Waals surface area (Å²) in [5.41, 5.74) is 0. The summed E-state index contributed by atoms with van der Waals surface area (Å²) in [6, 6.07) is 2.09. The van der Waals surface area contributed by atoms with Crippen molar-refractivity contribution in [3.63, 3.8) is 0 Å². The van der Waals surface area contributed by atoms with Gasteiger partial charge in [0, 0.05) is 27.3 Å². The van der Waals surface area contributed by atoms with Crippen molar-refractivity contribution in [2.24, 2.45) is 0 Å². The normalized spacial score (nSPS) is 10.4. The van der Waals surface area contributed by atoms with Gasteiger partial charge in [0.25, 0.3) is 0 Å². The van der Waals surface area contributed by atoms with Crippen LogP contribution in [-0.4, -0.2) is 19.0 Å². The van der Waals surface area contributed by atoms with Gasteiger partial charge in [-0.2, -0.15) is 0 Å². The predicted octanol–water partition coefficient (Wildman–Crippen LogP) is 2.43. The zero-order valence-electron chi connectivity index (χ0n) is 9.60. The number of thiophene rings is 1. The topological polar surface area (TPSA) is 41.1 Å². The molecule has 0 aliphatic heterocycles. The number of carbonyl (C=O) groups is 1. The molecule has 0 aliphatic carbocycles. The fourth-order valence-electron chi connectivity index (χ4n) is 1.23. The van der Waals surface area contributed by atoms with Crippen molar-refractivity contribution < 1.29 is 4.79 Å². The van der Waals surface area contributed by atoms with E-state index in [1.54, 1.807) is 11.3 Å². The summed E-state index contributed by atoms with van der Waals surface area (Å²) in [5, 5.41) is 5.96. The van der Waals surface area contributed by atoms with Gasteiger partial charge in [-0.15, -0.1) is 11.3 Å². The lowest BCUT2D eigenvalue weighted by Gasteiger charge is -2.04. The molecule has 0 aliphatic rings. The van der Waals surface area contributed by atoms with E-state index in [1.807, 2.05) is 6.92 Å². The monoisotopic (exact) mass is 304 g/mol. The van der Waals surface area contributed by atoms with Gasteiger partial charge < -0.3 is 10.6 Å². The molecule has 90 valence electrons. The molecule has 16 heavy (non-hydrogen) atoms. The summed E-state index contributed by atoms with van der Waals surface area (Å²) in [4.78, 5) is 13.8. The molecule has 0 radical (unpaired) electrons. The molecule has 1 aromatic rings. The van der Waals surface area contributed by atoms with Gasteiger partial charge in [-0.3, -0.25) is 4.79 Å². The van der Waals surface area contributed by atoms with Crippen LogP contribution in [0.4, 0.5) is 0 Å². The van der Waals surface area contributed by atoms with Crippen LogP contribution in [0.1, 0.15) is 23.1 Å². The maximum absolute atomic E-state index is 11.3. The summed E-state index contributed by atoms with van der Waals surface area (Å²) in [5.74, 6) is 0.0641. The Morgan fingerprint density at radius 1 is 1.56 bits per heavy atom. The first-order chi connectivity index (χ1) is 7.63. The first kappa shape index (κ1) is 13.7. The SMILES string of the molecule is CCCNC(=O)CNCc1cc(Br)c(C)s1. The van der Waals surface area contributed by atoms with E-state index >= 15 is 0 Å². The first-order valence-corrected chi connectivity index (χ1v) is 6.96. The molecular formula is C11H17BrN2OS. The predicted molar refractivity (Wildman–Crippen MR) is 71.8 cm³/mol. The molecular weight excluding hydrogens is 288 g/mol. The highest BCUT2D eigenvalue weighted by atomic mass is 79.9. The second-order valence-electron chi connectivity index (χ2n) is 3.57. The fourth-order valence-corrected chi connectivity index (χ4v) is 2.80. The molecule has 0 atom stereocenters. The minimum absolute atomic E-state index is 0.0641. The lowest BCUT2D eigenvalue weighted by atomic mass is 10.4. The average molecular weight is 305 g/mol. The van der Waals surface area contributed by atoms with Crippen LogP contribution in [0.3, 0.4) is 0 Å². The largest absolute Gasteiger partial charge is 0.355 e. The Balaban J connectivity index is 2.22. The first-order valence-electron chi connectivity index (χ1n) is 5.35. The Hall–Kier alpha value is -0.390. The molecule has 2 N–H and O–H groups in total. The van der Waals surface area contributed by atoms with Crippen LogP contribution in [0.25, 0.3) is 0 Å². The van der Waals surface area contributed by atoms with Gasteiger partial charge in [-0.05, 0) is 35.3 Å². The number of amides is 1. The van der Waals surface area contributed by atoms with Gasteiger partial charge in [-0.25, -0.2) is 0 Å². The van der Waals surface area contributed by atoms with Crippen molar-refractivity contribution in [3.8, 4) is 0 Å². The van der Waals surface area contributed by atoms with E-state index in [0.717, 1.165) is 24.0 Å². The van der Waals surface area contributed by atoms with E-state index in [1.165, 1.54) is 9.75 Å². The summed E-state index contributed by atoms with van der Waals surface area (Å²) in [6.45, 7) is 6.00. The van der Waals surface area contributed by atoms with Crippen molar-refractivity contribution in [2.75, 3.05) is 13.1 Å². The molecule has 0 spiro atoms. The number of carbonyl (C=O) groups excluding carboxylic acids is 1. The van der Waals surface area contributed by atoms with Crippen LogP contribution >= 0.6 is 27.3 Å². The van der Waals surface area contributed by atoms with E-state index < -0.39 is 0 Å². The molecule has 0 bridgehead atoms. The molecule has 0 fully saturated rings. The maximum Gasteiger partial charge on any atom is 0.233 e. The van der Waals surface area contributed by atoms with Crippen molar-refractivity contribution in [1.82, 2.24) is 10.6 Å². The van der Waals surface area contributed by atoms with E-state index in [2.05, 4.69) is 39.6 Å². The van der Waals surface area contributed by atoms with Gasteiger partial charge in [0.05, 0.1) is 6.54 Å². The molecule has 1 aromatic heterocycles. The van der Waals surface area contributed by atoms with E-state index in [4.69, 9.17) is 0 Å². The summed E-state index contributed by atoms with van der Waals surface area (Å²) in [7, 11) is 0. The Morgan fingerprint density at radius 2 is 2.31 bits per heavy atom. The highest BCUT2D eigenvalue weighted by Crippen LogP contribution is 2.25. The standard InChI is InChI=1S/C11H17BrN2OS/c1-3-4-14-11(15)7-13-6-9-5-10(12)8(2)16-9/h5,13H,3-4,6-7H2,1-2H3,(H,14,15). The number of hydrogen-bond donors (Lipinski definition) is 2. The number of halogens is 1. The molecule has 3 nitrogen and oxygen atoms in total. The molecule has 5 heteroatoms. The Labute approximate surface area is 109 Å². The van der Waals surface area contributed by atoms with E-state index in [-0.39, 0.29) is 5.91 Å². The second kappa shape index (κ2) is 7.04. The van der Waals surface area contributed by atoms with E-state index in [0.29, 0.717) is 6.54 Å². The molecule has 0 saturated heterocycles. The third-order valence-electron chi connectivity index (χ3n) is 2.07. The van der Waals surface area contributed by atoms with Crippen LogP contribution < -0.4 is 10.6 Å². The van der Waals surface area contributed by atoms with Gasteiger partial charge in [0.1, 0.15) is 0 Å². The van der Waals surface area contributed by atoms with Crippen LogP contribution in [-0.2, 0) is 11.3 Å². The number of nitrogens with one attached hydrogen (secondary N) is 2. The van der Waals surface area contributed by atoms with Gasteiger partial charge in [0.2, 0.25) is 5.91 Å². The maximum atomic E-state index is 11.3. The Bertz CT molecular complexity index is 332. The van der Waals surface area contributed by atoms with Crippen LogP contribution in [0.5, 0.6) is 0 Å². The Kier molecular flexibility index (Phi) is 6.01. The van der Waals surface area contributed by atoms with Crippen LogP contribution in [0, 0.1) is 6.92 Å². The van der Waals surface area contributed by atoms with Gasteiger partial charge >= 0.3 is 0 Å². The van der Waals surface area contributed by atoms with Gasteiger partial charge in [-0.1, -0.05) is 6.92 Å². The summed E-state index contributed by atoms with van der Waals surface area (Å²) >= 11 is 5.22. The molecule has 1 heterocycles. The van der Waals surface area contributed by atoms with Crippen molar-refractivity contribution in [1.29, 1.82) is 0 Å². The molecule has 0 unspecified atom stereocenters. The fraction of sp³-hybridized carbons (Fsp3) is 0.545. The zero-order chi connectivity index (χ0) is 12.0. The van der Waals surface area contributed by atoms with Crippen molar-refractivity contribution in [3.05, 3.63) is 20.3 Å². The number of aryl methyl sites for hydroxylation is 1. The van der Waals surface area contributed by atoms with Crippen molar-refractivity contribution in [2.45, 2.75) is 26.8 Å². The number of rotatable bonds is 6. The van der Waals surface area contributed by atoms with Crippen molar-refractivity contribution >= 4 is 33.2 Å². The lowest BCUT2D eigenvalue weighted by molar-refractivity contribution is -0.120. The zero-order valence-corrected chi connectivity index (χ0v) is 12.0. The molecule has 0 saturated carbocycles. The highest BCUT2D eigenvalue weighted by Gasteiger charge is 2.03. The lowest BCUT2D eigenvalue weighted by Crippen LogP contribution is -2.33. The van der Waals surface area contributed by atoms with Crippen LogP contribution in [0.2, 0.25) is 0 Å². The summed E-state index contributed by atoms with van der Waals surface area (Å²) < 4.78 is 1.14. The quantitative estimate of drug-likeness (QED) is 0.847. The second-order valence-corrected chi connectivity index (χ2v) is 5.77. The third kappa shape index (κ3) is 4.63. The van der Waals surface area contributed by atoms with Crippen LogP contribution in [0.15, 0.2) is 10.5 Å². The minimum Gasteiger partial charge on any atom is -0.355 e. The summed E-state index contributed by atoms with van der Waals surface area (Å²) in [6.07, 6.45) is 0.975. The molecule has 1 rings (SSSR count). The third-order valence-corrected chi connectivity index (χ3v) is 4.20. The van der Waals surface area contributed by atoms with Gasteiger partial charge in [0.15, 0.2) is 0 Å². The molecule has 1 amide bonds. The smallest absolute Gasteiger partial charge is 0.233 e. The average Bonchev–Trinajstić information content (AvgIpc) is 2.55. The highest BCUT2D eigenvalue weighted by molar-refractivity contribution is 9.10. The Morgan fingerprint density at radius 3 is 2.88 bits per heavy atom. The minimum atomic E-state index is 0.0641. The number of hydrogen-bond acceptors (Lipinski definition) is 3. The van der Waals surface area contributed by atoms with E-state index in [9.17, 15) is 4.79 Å².